The van der Waals surface area contributed by atoms with E-state index in [1.807, 2.05) is 0 Å². The van der Waals surface area contributed by atoms with Crippen LogP contribution in [0.2, 0.25) is 0 Å². The summed E-state index contributed by atoms with van der Waals surface area (Å²) in [5, 5.41) is 2.63. The summed E-state index contributed by atoms with van der Waals surface area (Å²) < 4.78 is 40.4. The van der Waals surface area contributed by atoms with E-state index in [4.69, 9.17) is 11.5 Å². The summed E-state index contributed by atoms with van der Waals surface area (Å²) in [5.74, 6) is -0.376. The van der Waals surface area contributed by atoms with E-state index in [9.17, 15) is 18.0 Å². The fourth-order valence-corrected chi connectivity index (χ4v) is 4.56. The van der Waals surface area contributed by atoms with Gasteiger partial charge >= 0.3 is 6.18 Å². The molecule has 0 aliphatic carbocycles. The average molecular weight is 450 g/mol. The molecule has 7 nitrogen and oxygen atoms in total. The van der Waals surface area contributed by atoms with Crippen LogP contribution in [0.15, 0.2) is 36.5 Å². The van der Waals surface area contributed by atoms with Gasteiger partial charge < -0.3 is 11.5 Å². The molecule has 30 heavy (non-hydrogen) atoms. The minimum absolute atomic E-state index is 0.0376. The second kappa shape index (κ2) is 7.63. The third-order valence-corrected chi connectivity index (χ3v) is 6.10. The Morgan fingerprint density at radius 3 is 2.63 bits per heavy atom. The Labute approximate surface area is 175 Å². The van der Waals surface area contributed by atoms with Crippen LogP contribution in [-0.4, -0.2) is 20.9 Å². The lowest BCUT2D eigenvalue weighted by Crippen LogP contribution is -2.10. The minimum Gasteiger partial charge on any atom is -0.368 e. The monoisotopic (exact) mass is 450 g/mol. The summed E-state index contributed by atoms with van der Waals surface area (Å²) in [6.45, 7) is -0.0376. The first-order valence-electron chi connectivity index (χ1n) is 8.45. The van der Waals surface area contributed by atoms with Crippen molar-refractivity contribution in [3.63, 3.8) is 0 Å². The van der Waals surface area contributed by atoms with Crippen molar-refractivity contribution in [3.8, 4) is 10.6 Å². The summed E-state index contributed by atoms with van der Waals surface area (Å²) >= 11 is 2.12. The van der Waals surface area contributed by atoms with E-state index < -0.39 is 17.6 Å². The van der Waals surface area contributed by atoms with Gasteiger partial charge in [0.2, 0.25) is 5.95 Å². The number of fused-ring (bicyclic) bond motifs is 1. The quantitative estimate of drug-likeness (QED) is 0.430. The van der Waals surface area contributed by atoms with E-state index in [0.717, 1.165) is 28.7 Å². The van der Waals surface area contributed by atoms with E-state index in [2.05, 4.69) is 20.3 Å². The lowest BCUT2D eigenvalue weighted by Gasteiger charge is -2.08. The number of benzene rings is 1. The number of nitrogens with one attached hydrogen (secondary N) is 1. The number of hydrogen-bond acceptors (Lipinski definition) is 8. The molecule has 0 saturated carbocycles. The van der Waals surface area contributed by atoms with Crippen molar-refractivity contribution in [2.24, 2.45) is 5.73 Å². The zero-order valence-electron chi connectivity index (χ0n) is 15.0. The number of carbonyl (C=O) groups excluding carboxylic acids is 1. The molecule has 0 atom stereocenters. The molecule has 0 saturated heterocycles. The fraction of sp³-hybridized carbons (Fsp3) is 0.111. The Morgan fingerprint density at radius 2 is 1.93 bits per heavy atom. The molecule has 1 aromatic carbocycles. The number of hydrogen-bond donors (Lipinski definition) is 3. The number of nitrogens with zero attached hydrogens (tertiary/aromatic N) is 3. The van der Waals surface area contributed by atoms with Crippen LogP contribution in [0.5, 0.6) is 0 Å². The van der Waals surface area contributed by atoms with Crippen molar-refractivity contribution in [2.45, 2.75) is 12.7 Å². The number of aromatic nitrogens is 3. The molecule has 0 spiro atoms. The Balaban J connectivity index is 1.62. The van der Waals surface area contributed by atoms with Crippen molar-refractivity contribution in [3.05, 3.63) is 52.5 Å². The topological polar surface area (TPSA) is 120 Å². The van der Waals surface area contributed by atoms with Crippen molar-refractivity contribution < 1.29 is 18.0 Å². The van der Waals surface area contributed by atoms with Gasteiger partial charge in [0.1, 0.15) is 0 Å². The number of anilines is 2. The van der Waals surface area contributed by atoms with Gasteiger partial charge in [-0.1, -0.05) is 11.3 Å². The molecule has 3 aromatic heterocycles. The molecule has 154 valence electrons. The van der Waals surface area contributed by atoms with Crippen LogP contribution >= 0.6 is 22.7 Å². The molecule has 0 unspecified atom stereocenters. The van der Waals surface area contributed by atoms with Crippen LogP contribution in [0.1, 0.15) is 20.8 Å². The van der Waals surface area contributed by atoms with Crippen LogP contribution in [-0.2, 0) is 12.7 Å². The number of nitrogens with two attached hydrogens (primary N) is 2. The number of thiazole rings is 1. The van der Waals surface area contributed by atoms with Gasteiger partial charge in [-0.2, -0.15) is 13.2 Å². The van der Waals surface area contributed by atoms with Crippen LogP contribution in [0, 0.1) is 0 Å². The molecule has 0 fully saturated rings. The third kappa shape index (κ3) is 3.97. The largest absolute Gasteiger partial charge is 0.418 e. The maximum absolute atomic E-state index is 13.4. The predicted molar refractivity (Wildman–Crippen MR) is 110 cm³/mol. The summed E-state index contributed by atoms with van der Waals surface area (Å²) in [6.07, 6.45) is -3.08. The highest BCUT2D eigenvalue weighted by atomic mass is 32.1. The summed E-state index contributed by atoms with van der Waals surface area (Å²) in [4.78, 5) is 25.5. The van der Waals surface area contributed by atoms with Crippen molar-refractivity contribution in [2.75, 3.05) is 11.1 Å². The van der Waals surface area contributed by atoms with Crippen LogP contribution in [0.4, 0.5) is 24.3 Å². The summed E-state index contributed by atoms with van der Waals surface area (Å²) in [5.41, 5.74) is 10.9. The number of thiophene rings is 1. The van der Waals surface area contributed by atoms with E-state index in [-0.39, 0.29) is 23.1 Å². The molecule has 4 aromatic rings. The SMILES string of the molecule is NCc1cc(C(F)(F)F)c2nc(NC(=O)c3ccc(-c4ccnc(N)n4)s3)sc2c1. The Kier molecular flexibility index (Phi) is 5.13. The molecule has 0 bridgehead atoms. The molecular formula is C18H13F3N6OS2. The number of alkyl halides is 3. The molecule has 12 heteroatoms. The maximum Gasteiger partial charge on any atom is 0.418 e. The number of amides is 1. The lowest BCUT2D eigenvalue weighted by molar-refractivity contribution is -0.136. The van der Waals surface area contributed by atoms with E-state index in [1.165, 1.54) is 6.20 Å². The summed E-state index contributed by atoms with van der Waals surface area (Å²) in [6, 6.07) is 7.47. The molecule has 1 amide bonds. The van der Waals surface area contributed by atoms with Gasteiger partial charge in [-0.3, -0.25) is 10.1 Å². The first-order chi connectivity index (χ1) is 14.2. The average Bonchev–Trinajstić information content (AvgIpc) is 3.33. The Hall–Kier alpha value is -3.09. The van der Waals surface area contributed by atoms with E-state index in [0.29, 0.717) is 25.7 Å². The fourth-order valence-electron chi connectivity index (χ4n) is 2.74. The third-order valence-electron chi connectivity index (χ3n) is 4.07. The smallest absolute Gasteiger partial charge is 0.368 e. The van der Waals surface area contributed by atoms with Crippen molar-refractivity contribution in [1.82, 2.24) is 15.0 Å². The molecule has 0 aliphatic heterocycles. The zero-order valence-corrected chi connectivity index (χ0v) is 16.7. The number of carbonyl (C=O) groups is 1. The van der Waals surface area contributed by atoms with Gasteiger partial charge in [0, 0.05) is 12.7 Å². The molecule has 4 rings (SSSR count). The maximum atomic E-state index is 13.4. The van der Waals surface area contributed by atoms with Gasteiger partial charge in [0.05, 0.1) is 31.2 Å². The summed E-state index contributed by atoms with van der Waals surface area (Å²) in [7, 11) is 0. The van der Waals surface area contributed by atoms with Gasteiger partial charge in [-0.25, -0.2) is 15.0 Å². The van der Waals surface area contributed by atoms with Gasteiger partial charge in [0.25, 0.3) is 5.91 Å². The second-order valence-electron chi connectivity index (χ2n) is 6.13. The number of halogens is 3. The van der Waals surface area contributed by atoms with Crippen molar-refractivity contribution >= 4 is 49.9 Å². The van der Waals surface area contributed by atoms with Crippen LogP contribution in [0.3, 0.4) is 0 Å². The van der Waals surface area contributed by atoms with E-state index >= 15 is 0 Å². The van der Waals surface area contributed by atoms with Gasteiger partial charge in [-0.05, 0) is 35.9 Å². The number of nitrogen functional groups attached to an aromatic ring is 1. The normalized spacial score (nSPS) is 11.7. The molecule has 5 N–H and O–H groups in total. The number of rotatable bonds is 4. The molecular weight excluding hydrogens is 437 g/mol. The van der Waals surface area contributed by atoms with Gasteiger partial charge in [0.15, 0.2) is 5.13 Å². The van der Waals surface area contributed by atoms with Crippen molar-refractivity contribution in [1.29, 1.82) is 0 Å². The highest BCUT2D eigenvalue weighted by Crippen LogP contribution is 2.39. The second-order valence-corrected chi connectivity index (χ2v) is 8.24. The van der Waals surface area contributed by atoms with Crippen LogP contribution < -0.4 is 16.8 Å². The highest BCUT2D eigenvalue weighted by Gasteiger charge is 2.34. The molecule has 3 heterocycles. The van der Waals surface area contributed by atoms with Crippen LogP contribution in [0.25, 0.3) is 20.8 Å². The predicted octanol–water partition coefficient (Wildman–Crippen LogP) is 4.13. The lowest BCUT2D eigenvalue weighted by atomic mass is 10.1. The Morgan fingerprint density at radius 1 is 1.13 bits per heavy atom. The Bertz CT molecular complexity index is 1250. The van der Waals surface area contributed by atoms with E-state index in [1.54, 1.807) is 24.3 Å². The minimum atomic E-state index is -4.58. The molecule has 0 radical (unpaired) electrons. The first kappa shape index (κ1) is 20.2. The standard InChI is InChI=1S/C18H13F3N6OS2/c19-18(20,21)9-5-8(7-22)6-13-14(9)26-17(30-13)27-15(28)12-2-1-11(29-12)10-3-4-24-16(23)25-10/h1-6H,7,22H2,(H2,23,24,25)(H,26,27,28). The first-order valence-corrected chi connectivity index (χ1v) is 10.1. The van der Waals surface area contributed by atoms with Gasteiger partial charge in [-0.15, -0.1) is 11.3 Å². The highest BCUT2D eigenvalue weighted by molar-refractivity contribution is 7.22. The zero-order chi connectivity index (χ0) is 21.5. The molecule has 0 aliphatic rings.